The number of aromatic nitrogens is 5. The topological polar surface area (TPSA) is 72.1 Å². The highest BCUT2D eigenvalue weighted by atomic mass is 16.1. The molecule has 30 heavy (non-hydrogen) atoms. The molecule has 156 valence electrons. The third-order valence-electron chi connectivity index (χ3n) is 6.33. The Hall–Kier alpha value is -3.00. The zero-order valence-electron chi connectivity index (χ0n) is 17.7. The smallest absolute Gasteiger partial charge is 0.250 e. The summed E-state index contributed by atoms with van der Waals surface area (Å²) >= 11 is 0. The first-order valence-electron chi connectivity index (χ1n) is 10.4. The van der Waals surface area contributed by atoms with Gasteiger partial charge in [0.15, 0.2) is 5.82 Å². The molecule has 0 N–H and O–H groups in total. The van der Waals surface area contributed by atoms with Crippen LogP contribution in [0.2, 0.25) is 0 Å². The predicted molar refractivity (Wildman–Crippen MR) is 115 cm³/mol. The minimum atomic E-state index is 0.0558. The molecule has 5 rings (SSSR count). The SMILES string of the molecule is Cc1cc(C)n(-c2cc(N3CC4CN(Cc5ccn(C)c(=O)c5)CC4C3)ncn2)n1. The third-order valence-corrected chi connectivity index (χ3v) is 6.33. The van der Waals surface area contributed by atoms with Crippen LogP contribution in [0.3, 0.4) is 0 Å². The van der Waals surface area contributed by atoms with E-state index in [0.717, 1.165) is 61.3 Å². The van der Waals surface area contributed by atoms with E-state index < -0.39 is 0 Å². The quantitative estimate of drug-likeness (QED) is 0.656. The van der Waals surface area contributed by atoms with E-state index in [1.165, 1.54) is 0 Å². The van der Waals surface area contributed by atoms with Crippen molar-refractivity contribution < 1.29 is 0 Å². The summed E-state index contributed by atoms with van der Waals surface area (Å²) in [6.45, 7) is 9.01. The average molecular weight is 406 g/mol. The predicted octanol–water partition coefficient (Wildman–Crippen LogP) is 1.55. The van der Waals surface area contributed by atoms with E-state index in [2.05, 4.69) is 30.9 Å². The highest BCUT2D eigenvalue weighted by Gasteiger charge is 2.40. The van der Waals surface area contributed by atoms with Gasteiger partial charge in [0, 0.05) is 63.8 Å². The van der Waals surface area contributed by atoms with Gasteiger partial charge in [0.25, 0.3) is 5.56 Å². The molecule has 5 heterocycles. The van der Waals surface area contributed by atoms with Crippen LogP contribution in [0, 0.1) is 25.7 Å². The minimum absolute atomic E-state index is 0.0558. The second-order valence-corrected chi connectivity index (χ2v) is 8.68. The Labute approximate surface area is 175 Å². The monoisotopic (exact) mass is 405 g/mol. The summed E-state index contributed by atoms with van der Waals surface area (Å²) in [4.78, 5) is 25.7. The number of likely N-dealkylation sites (tertiary alicyclic amines) is 1. The summed E-state index contributed by atoms with van der Waals surface area (Å²) in [6, 6.07) is 7.89. The van der Waals surface area contributed by atoms with E-state index in [1.807, 2.05) is 36.9 Å². The van der Waals surface area contributed by atoms with Crippen LogP contribution in [0.15, 0.2) is 41.6 Å². The fraction of sp³-hybridized carbons (Fsp3) is 0.455. The first-order chi connectivity index (χ1) is 14.5. The minimum Gasteiger partial charge on any atom is -0.356 e. The number of nitrogens with zero attached hydrogens (tertiary/aromatic N) is 7. The Balaban J connectivity index is 1.26. The van der Waals surface area contributed by atoms with Gasteiger partial charge in [-0.25, -0.2) is 14.6 Å². The molecule has 3 aromatic rings. The second kappa shape index (κ2) is 7.36. The van der Waals surface area contributed by atoms with Gasteiger partial charge in [-0.1, -0.05) is 0 Å². The van der Waals surface area contributed by atoms with Crippen LogP contribution < -0.4 is 10.5 Å². The molecular weight excluding hydrogens is 378 g/mol. The van der Waals surface area contributed by atoms with Gasteiger partial charge in [-0.3, -0.25) is 9.69 Å². The van der Waals surface area contributed by atoms with E-state index in [0.29, 0.717) is 11.8 Å². The lowest BCUT2D eigenvalue weighted by Crippen LogP contribution is -2.29. The number of pyridine rings is 1. The van der Waals surface area contributed by atoms with Gasteiger partial charge >= 0.3 is 0 Å². The molecular formula is C22H27N7O. The number of hydrogen-bond acceptors (Lipinski definition) is 6. The van der Waals surface area contributed by atoms with Crippen molar-refractivity contribution >= 4 is 5.82 Å². The zero-order chi connectivity index (χ0) is 20.8. The van der Waals surface area contributed by atoms with Crippen molar-refractivity contribution in [3.63, 3.8) is 0 Å². The molecule has 0 saturated carbocycles. The molecule has 3 aromatic heterocycles. The second-order valence-electron chi connectivity index (χ2n) is 8.68. The van der Waals surface area contributed by atoms with Crippen LogP contribution in [0.5, 0.6) is 0 Å². The number of rotatable bonds is 4. The maximum atomic E-state index is 11.9. The largest absolute Gasteiger partial charge is 0.356 e. The van der Waals surface area contributed by atoms with Gasteiger partial charge in [-0.05, 0) is 43.4 Å². The Bertz CT molecular complexity index is 1120. The van der Waals surface area contributed by atoms with Crippen molar-refractivity contribution in [2.24, 2.45) is 18.9 Å². The van der Waals surface area contributed by atoms with Crippen LogP contribution in [0.25, 0.3) is 5.82 Å². The van der Waals surface area contributed by atoms with Gasteiger partial charge in [0.2, 0.25) is 0 Å². The molecule has 0 spiro atoms. The summed E-state index contributed by atoms with van der Waals surface area (Å²) in [5.41, 5.74) is 3.21. The van der Waals surface area contributed by atoms with Crippen LogP contribution in [0.4, 0.5) is 5.82 Å². The zero-order valence-corrected chi connectivity index (χ0v) is 17.7. The fourth-order valence-electron chi connectivity index (χ4n) is 4.84. The van der Waals surface area contributed by atoms with Crippen molar-refractivity contribution in [1.29, 1.82) is 0 Å². The van der Waals surface area contributed by atoms with Crippen LogP contribution in [-0.2, 0) is 13.6 Å². The number of anilines is 1. The molecule has 0 aromatic carbocycles. The van der Waals surface area contributed by atoms with E-state index in [4.69, 9.17) is 0 Å². The third kappa shape index (κ3) is 3.52. The van der Waals surface area contributed by atoms with Crippen molar-refractivity contribution in [2.75, 3.05) is 31.1 Å². The molecule has 2 saturated heterocycles. The normalized spacial score (nSPS) is 21.4. The van der Waals surface area contributed by atoms with E-state index in [1.54, 1.807) is 24.0 Å². The molecule has 0 bridgehead atoms. The molecule has 8 nitrogen and oxygen atoms in total. The highest BCUT2D eigenvalue weighted by Crippen LogP contribution is 2.34. The van der Waals surface area contributed by atoms with Crippen LogP contribution in [-0.4, -0.2) is 55.4 Å². The molecule has 2 fully saturated rings. The molecule has 0 amide bonds. The van der Waals surface area contributed by atoms with Gasteiger partial charge in [0.1, 0.15) is 12.1 Å². The van der Waals surface area contributed by atoms with Crippen molar-refractivity contribution in [3.8, 4) is 5.82 Å². The average Bonchev–Trinajstić information content (AvgIpc) is 3.37. The van der Waals surface area contributed by atoms with Crippen molar-refractivity contribution in [2.45, 2.75) is 20.4 Å². The lowest BCUT2D eigenvalue weighted by atomic mass is 10.0. The maximum Gasteiger partial charge on any atom is 0.250 e. The standard InChI is InChI=1S/C22H27N7O/c1-15-6-16(2)29(25-15)21-8-20(23-14-24-21)28-12-18-10-27(11-19(18)13-28)9-17-4-5-26(3)22(30)7-17/h4-8,14,18-19H,9-13H2,1-3H3. The molecule has 0 aliphatic carbocycles. The molecule has 2 aliphatic heterocycles. The Morgan fingerprint density at radius 2 is 1.73 bits per heavy atom. The van der Waals surface area contributed by atoms with Gasteiger partial charge in [-0.2, -0.15) is 5.10 Å². The van der Waals surface area contributed by atoms with E-state index in [-0.39, 0.29) is 5.56 Å². The number of aryl methyl sites for hydroxylation is 3. The van der Waals surface area contributed by atoms with Gasteiger partial charge in [-0.15, -0.1) is 0 Å². The number of fused-ring (bicyclic) bond motifs is 1. The fourth-order valence-corrected chi connectivity index (χ4v) is 4.84. The summed E-state index contributed by atoms with van der Waals surface area (Å²) < 4.78 is 3.49. The van der Waals surface area contributed by atoms with Crippen LogP contribution >= 0.6 is 0 Å². The van der Waals surface area contributed by atoms with E-state index in [9.17, 15) is 4.79 Å². The van der Waals surface area contributed by atoms with Crippen LogP contribution in [0.1, 0.15) is 17.0 Å². The lowest BCUT2D eigenvalue weighted by Gasteiger charge is -2.22. The maximum absolute atomic E-state index is 11.9. The Morgan fingerprint density at radius 3 is 2.40 bits per heavy atom. The lowest BCUT2D eigenvalue weighted by molar-refractivity contribution is 0.308. The molecule has 2 atom stereocenters. The van der Waals surface area contributed by atoms with E-state index >= 15 is 0 Å². The molecule has 8 heteroatoms. The van der Waals surface area contributed by atoms with Gasteiger partial charge < -0.3 is 9.47 Å². The van der Waals surface area contributed by atoms with Crippen molar-refractivity contribution in [1.82, 2.24) is 29.2 Å². The Kier molecular flexibility index (Phi) is 4.66. The summed E-state index contributed by atoms with van der Waals surface area (Å²) in [5.74, 6) is 3.04. The van der Waals surface area contributed by atoms with Crippen molar-refractivity contribution in [3.05, 3.63) is 64.1 Å². The Morgan fingerprint density at radius 1 is 1.00 bits per heavy atom. The highest BCUT2D eigenvalue weighted by molar-refractivity contribution is 5.45. The summed E-state index contributed by atoms with van der Waals surface area (Å²) in [6.07, 6.45) is 3.49. The molecule has 0 radical (unpaired) electrons. The first kappa shape index (κ1) is 19.0. The summed E-state index contributed by atoms with van der Waals surface area (Å²) in [7, 11) is 1.79. The molecule has 2 aliphatic rings. The van der Waals surface area contributed by atoms with Gasteiger partial charge in [0.05, 0.1) is 5.69 Å². The number of hydrogen-bond donors (Lipinski definition) is 0. The molecule has 2 unspecified atom stereocenters. The summed E-state index contributed by atoms with van der Waals surface area (Å²) in [5, 5.41) is 4.54. The first-order valence-corrected chi connectivity index (χ1v) is 10.4.